The predicted molar refractivity (Wildman–Crippen MR) is 113 cm³/mol. The Hall–Kier alpha value is -1.77. The summed E-state index contributed by atoms with van der Waals surface area (Å²) in [6, 6.07) is 2.24. The zero-order chi connectivity index (χ0) is 24.6. The maximum absolute atomic E-state index is 13.8. The fourth-order valence-electron chi connectivity index (χ4n) is 7.00. The number of halogens is 6. The predicted octanol–water partition coefficient (Wildman–Crippen LogP) is 5.83. The maximum Gasteiger partial charge on any atom is 0.416 e. The maximum atomic E-state index is 13.8. The van der Waals surface area contributed by atoms with Crippen molar-refractivity contribution in [2.75, 3.05) is 13.1 Å². The van der Waals surface area contributed by atoms with Crippen molar-refractivity contribution in [2.24, 2.45) is 29.6 Å². The number of piperidine rings is 1. The van der Waals surface area contributed by atoms with Gasteiger partial charge < -0.3 is 4.90 Å². The Morgan fingerprint density at radius 3 is 2.32 bits per heavy atom. The van der Waals surface area contributed by atoms with Crippen molar-refractivity contribution in [1.82, 2.24) is 9.80 Å². The van der Waals surface area contributed by atoms with Crippen LogP contribution in [-0.4, -0.2) is 40.9 Å². The molecule has 2 bridgehead atoms. The molecule has 34 heavy (non-hydrogen) atoms. The van der Waals surface area contributed by atoms with Gasteiger partial charge in [0, 0.05) is 38.1 Å². The molecule has 3 saturated heterocycles. The third kappa shape index (κ3) is 4.22. The average Bonchev–Trinajstić information content (AvgIpc) is 3.50. The van der Waals surface area contributed by atoms with Crippen LogP contribution in [0, 0.1) is 29.6 Å². The van der Waals surface area contributed by atoms with Gasteiger partial charge in [0.15, 0.2) is 0 Å². The van der Waals surface area contributed by atoms with E-state index in [1.54, 1.807) is 0 Å². The SMILES string of the molecule is CC(C)[C@H]1CC2CN(Cc3ccc(C(F)(F)F)cc3C(F)(F)F)C[C@H]3CCC(=O)N1C3[C@H]1CC21. The lowest BCUT2D eigenvalue weighted by molar-refractivity contribution is -0.145. The Labute approximate surface area is 195 Å². The smallest absolute Gasteiger partial charge is 0.336 e. The van der Waals surface area contributed by atoms with Crippen LogP contribution in [0.15, 0.2) is 18.2 Å². The summed E-state index contributed by atoms with van der Waals surface area (Å²) in [7, 11) is 0. The van der Waals surface area contributed by atoms with Gasteiger partial charge in [-0.05, 0) is 66.5 Å². The van der Waals surface area contributed by atoms with Gasteiger partial charge in [-0.3, -0.25) is 9.69 Å². The van der Waals surface area contributed by atoms with Crippen LogP contribution in [0.4, 0.5) is 26.3 Å². The van der Waals surface area contributed by atoms with E-state index in [4.69, 9.17) is 0 Å². The molecule has 1 saturated carbocycles. The van der Waals surface area contributed by atoms with Crippen molar-refractivity contribution in [3.63, 3.8) is 0 Å². The molecule has 0 aromatic heterocycles. The number of hydrogen-bond acceptors (Lipinski definition) is 2. The highest BCUT2D eigenvalue weighted by atomic mass is 19.4. The first kappa shape index (κ1) is 23.9. The minimum Gasteiger partial charge on any atom is -0.336 e. The van der Waals surface area contributed by atoms with E-state index in [2.05, 4.69) is 18.7 Å². The second kappa shape index (κ2) is 8.14. The lowest BCUT2D eigenvalue weighted by Crippen LogP contribution is -2.56. The first-order valence-electron chi connectivity index (χ1n) is 12.2. The highest BCUT2D eigenvalue weighted by molar-refractivity contribution is 5.78. The molecule has 3 aliphatic heterocycles. The summed E-state index contributed by atoms with van der Waals surface area (Å²) >= 11 is 0. The molecule has 3 unspecified atom stereocenters. The molecule has 4 fully saturated rings. The van der Waals surface area contributed by atoms with Crippen LogP contribution < -0.4 is 0 Å². The molecule has 9 heteroatoms. The molecule has 0 N–H and O–H groups in total. The van der Waals surface area contributed by atoms with Crippen molar-refractivity contribution in [3.05, 3.63) is 34.9 Å². The van der Waals surface area contributed by atoms with E-state index in [0.29, 0.717) is 43.7 Å². The largest absolute Gasteiger partial charge is 0.416 e. The molecule has 1 aliphatic carbocycles. The zero-order valence-electron chi connectivity index (χ0n) is 19.3. The number of benzene rings is 1. The molecule has 188 valence electrons. The van der Waals surface area contributed by atoms with Crippen LogP contribution in [-0.2, 0) is 23.7 Å². The van der Waals surface area contributed by atoms with E-state index < -0.39 is 23.5 Å². The van der Waals surface area contributed by atoms with Crippen molar-refractivity contribution in [3.8, 4) is 0 Å². The third-order valence-corrected chi connectivity index (χ3v) is 8.55. The van der Waals surface area contributed by atoms with Gasteiger partial charge in [0.05, 0.1) is 11.1 Å². The van der Waals surface area contributed by atoms with Crippen LogP contribution in [0.3, 0.4) is 0 Å². The van der Waals surface area contributed by atoms with E-state index in [1.807, 2.05) is 4.90 Å². The summed E-state index contributed by atoms with van der Waals surface area (Å²) in [6.07, 6.45) is -6.64. The van der Waals surface area contributed by atoms with Gasteiger partial charge in [0.2, 0.25) is 5.91 Å². The van der Waals surface area contributed by atoms with Crippen LogP contribution >= 0.6 is 0 Å². The van der Waals surface area contributed by atoms with Crippen LogP contribution in [0.5, 0.6) is 0 Å². The molecule has 1 aromatic rings. The number of amides is 1. The average molecular weight is 489 g/mol. The molecule has 6 atom stereocenters. The Balaban J connectivity index is 1.48. The van der Waals surface area contributed by atoms with Crippen molar-refractivity contribution < 1.29 is 31.1 Å². The van der Waals surface area contributed by atoms with Crippen molar-refractivity contribution in [2.45, 2.75) is 70.5 Å². The highest BCUT2D eigenvalue weighted by Crippen LogP contribution is 2.57. The monoisotopic (exact) mass is 488 g/mol. The Morgan fingerprint density at radius 1 is 0.971 bits per heavy atom. The van der Waals surface area contributed by atoms with E-state index in [1.165, 1.54) is 0 Å². The summed E-state index contributed by atoms with van der Waals surface area (Å²) in [6.45, 7) is 5.40. The number of hydrogen-bond donors (Lipinski definition) is 0. The van der Waals surface area contributed by atoms with Gasteiger partial charge in [0.25, 0.3) is 0 Å². The van der Waals surface area contributed by atoms with Crippen LogP contribution in [0.2, 0.25) is 0 Å². The minimum absolute atomic E-state index is 0.0373. The van der Waals surface area contributed by atoms with E-state index in [0.717, 1.165) is 25.0 Å². The lowest BCUT2D eigenvalue weighted by Gasteiger charge is -2.47. The number of carbonyl (C=O) groups is 1. The first-order chi connectivity index (χ1) is 15.8. The van der Waals surface area contributed by atoms with Gasteiger partial charge in [-0.2, -0.15) is 26.3 Å². The topological polar surface area (TPSA) is 23.6 Å². The van der Waals surface area contributed by atoms with Gasteiger partial charge in [-0.1, -0.05) is 19.9 Å². The highest BCUT2D eigenvalue weighted by Gasteiger charge is 2.59. The van der Waals surface area contributed by atoms with E-state index >= 15 is 0 Å². The van der Waals surface area contributed by atoms with Crippen molar-refractivity contribution in [1.29, 1.82) is 0 Å². The Kier molecular flexibility index (Phi) is 5.73. The van der Waals surface area contributed by atoms with Crippen LogP contribution in [0.1, 0.15) is 56.2 Å². The quantitative estimate of drug-likeness (QED) is 0.500. The molecule has 1 amide bonds. The normalized spacial score (nSPS) is 34.0. The summed E-state index contributed by atoms with van der Waals surface area (Å²) in [5.41, 5.74) is -2.61. The third-order valence-electron chi connectivity index (χ3n) is 8.55. The summed E-state index contributed by atoms with van der Waals surface area (Å²) in [5, 5.41) is 0. The van der Waals surface area contributed by atoms with Crippen LogP contribution in [0.25, 0.3) is 0 Å². The molecular formula is C25H30F6N2O. The first-order valence-corrected chi connectivity index (χ1v) is 12.2. The Bertz CT molecular complexity index is 958. The minimum atomic E-state index is -4.87. The zero-order valence-corrected chi connectivity index (χ0v) is 19.3. The number of alkyl halides is 6. The molecule has 1 aromatic carbocycles. The number of likely N-dealkylation sites (tertiary alicyclic amines) is 1. The van der Waals surface area contributed by atoms with E-state index in [-0.39, 0.29) is 48.0 Å². The summed E-state index contributed by atoms with van der Waals surface area (Å²) < 4.78 is 80.6. The van der Waals surface area contributed by atoms with Crippen molar-refractivity contribution >= 4 is 5.91 Å². The fraction of sp³-hybridized carbons (Fsp3) is 0.720. The van der Waals surface area contributed by atoms with Gasteiger partial charge in [-0.15, -0.1) is 0 Å². The molecule has 0 spiro atoms. The van der Waals surface area contributed by atoms with Gasteiger partial charge >= 0.3 is 12.4 Å². The number of rotatable bonds is 3. The standard InChI is InChI=1S/C25H30F6N2O/c1-13(2)21-7-16-12-32(11-15-4-6-22(34)33(21)23(15)19-9-18(16)19)10-14-3-5-17(24(26,27)28)8-20(14)25(29,30)31/h3,5,8,13,15-16,18-19,21,23H,4,6-7,9-12H2,1-2H3/t15-,16?,18?,19+,21-,23?/m1/s1. The second-order valence-corrected chi connectivity index (χ2v) is 11.0. The lowest BCUT2D eigenvalue weighted by atomic mass is 9.82. The van der Waals surface area contributed by atoms with Gasteiger partial charge in [0.1, 0.15) is 0 Å². The fourth-order valence-corrected chi connectivity index (χ4v) is 7.00. The molecule has 3 heterocycles. The Morgan fingerprint density at radius 2 is 1.68 bits per heavy atom. The van der Waals surface area contributed by atoms with Gasteiger partial charge in [-0.25, -0.2) is 0 Å². The molecule has 4 aliphatic rings. The molecular weight excluding hydrogens is 458 g/mol. The number of nitrogens with zero attached hydrogens (tertiary/aromatic N) is 2. The summed E-state index contributed by atoms with van der Waals surface area (Å²) in [5.74, 6) is 1.90. The molecule has 3 nitrogen and oxygen atoms in total. The number of carbonyl (C=O) groups excluding carboxylic acids is 1. The molecule has 5 rings (SSSR count). The molecule has 0 radical (unpaired) electrons. The summed E-state index contributed by atoms with van der Waals surface area (Å²) in [4.78, 5) is 17.1. The van der Waals surface area contributed by atoms with E-state index in [9.17, 15) is 31.1 Å². The second-order valence-electron chi connectivity index (χ2n) is 11.0.